The zero-order valence-corrected chi connectivity index (χ0v) is 11.6. The van der Waals surface area contributed by atoms with Crippen molar-refractivity contribution in [2.24, 2.45) is 5.73 Å². The zero-order chi connectivity index (χ0) is 14.0. The van der Waals surface area contributed by atoms with Crippen LogP contribution in [0.2, 0.25) is 0 Å². The first kappa shape index (κ1) is 14.9. The molecule has 1 aliphatic heterocycles. The first-order valence-corrected chi connectivity index (χ1v) is 6.14. The minimum Gasteiger partial charge on any atom is -0.366 e. The van der Waals surface area contributed by atoms with Crippen LogP contribution in [0.25, 0.3) is 0 Å². The van der Waals surface area contributed by atoms with E-state index in [1.807, 2.05) is 27.7 Å². The van der Waals surface area contributed by atoms with Gasteiger partial charge >= 0.3 is 11.8 Å². The molecule has 18 heavy (non-hydrogen) atoms. The second kappa shape index (κ2) is 5.24. The van der Waals surface area contributed by atoms with Crippen molar-refractivity contribution >= 4 is 11.8 Å². The molecule has 1 aliphatic rings. The van der Waals surface area contributed by atoms with E-state index >= 15 is 0 Å². The van der Waals surface area contributed by atoms with E-state index in [2.05, 4.69) is 5.32 Å². The molecule has 2 amide bonds. The van der Waals surface area contributed by atoms with Crippen molar-refractivity contribution in [1.82, 2.24) is 10.2 Å². The van der Waals surface area contributed by atoms with E-state index in [9.17, 15) is 9.59 Å². The third-order valence-electron chi connectivity index (χ3n) is 2.61. The fourth-order valence-corrected chi connectivity index (χ4v) is 2.34. The number of ether oxygens (including phenoxy) is 1. The molecule has 0 unspecified atom stereocenters. The molecule has 104 valence electrons. The number of carbonyl (C=O) groups is 2. The first-order chi connectivity index (χ1) is 8.17. The van der Waals surface area contributed by atoms with Crippen LogP contribution in [0.1, 0.15) is 27.7 Å². The van der Waals surface area contributed by atoms with Gasteiger partial charge in [-0.05, 0) is 27.7 Å². The Kier molecular flexibility index (Phi) is 4.34. The summed E-state index contributed by atoms with van der Waals surface area (Å²) < 4.78 is 5.86. The number of hydrogen-bond donors (Lipinski definition) is 2. The highest BCUT2D eigenvalue weighted by molar-refractivity contribution is 6.35. The number of morpholine rings is 1. The van der Waals surface area contributed by atoms with Gasteiger partial charge in [0, 0.05) is 26.2 Å². The average Bonchev–Trinajstić information content (AvgIpc) is 2.20. The molecule has 1 heterocycles. The van der Waals surface area contributed by atoms with Gasteiger partial charge in [0.1, 0.15) is 0 Å². The highest BCUT2D eigenvalue weighted by atomic mass is 16.5. The Morgan fingerprint density at radius 1 is 1.22 bits per heavy atom. The molecule has 0 aromatic rings. The summed E-state index contributed by atoms with van der Waals surface area (Å²) >= 11 is 0. The summed E-state index contributed by atoms with van der Waals surface area (Å²) in [7, 11) is 0. The van der Waals surface area contributed by atoms with Crippen LogP contribution in [0.5, 0.6) is 0 Å². The molecule has 1 rings (SSSR count). The third-order valence-corrected chi connectivity index (χ3v) is 2.61. The molecular formula is C12H23N3O3. The molecule has 6 nitrogen and oxygen atoms in total. The Bertz CT molecular complexity index is 323. The minimum absolute atomic E-state index is 0.307. The molecular weight excluding hydrogens is 234 g/mol. The number of nitrogens with zero attached hydrogens (tertiary/aromatic N) is 1. The molecule has 0 atom stereocenters. The molecule has 0 aromatic carbocycles. The van der Waals surface area contributed by atoms with Crippen LogP contribution < -0.4 is 11.1 Å². The molecule has 6 heteroatoms. The van der Waals surface area contributed by atoms with Crippen molar-refractivity contribution in [3.05, 3.63) is 0 Å². The van der Waals surface area contributed by atoms with E-state index in [0.29, 0.717) is 26.2 Å². The van der Waals surface area contributed by atoms with E-state index in [1.54, 1.807) is 0 Å². The lowest BCUT2D eigenvalue weighted by molar-refractivity contribution is -0.188. The number of nitrogens with two attached hydrogens (primary N) is 1. The lowest BCUT2D eigenvalue weighted by atomic mass is 9.99. The molecule has 1 saturated heterocycles. The van der Waals surface area contributed by atoms with Crippen molar-refractivity contribution in [1.29, 1.82) is 0 Å². The van der Waals surface area contributed by atoms with Gasteiger partial charge in [-0.2, -0.15) is 0 Å². The van der Waals surface area contributed by atoms with Crippen LogP contribution in [-0.2, 0) is 14.3 Å². The Labute approximate surface area is 108 Å². The van der Waals surface area contributed by atoms with E-state index in [1.165, 1.54) is 4.90 Å². The van der Waals surface area contributed by atoms with Crippen molar-refractivity contribution in [3.8, 4) is 0 Å². The van der Waals surface area contributed by atoms with Gasteiger partial charge in [0.05, 0.1) is 11.2 Å². The zero-order valence-electron chi connectivity index (χ0n) is 11.6. The Balaban J connectivity index is 2.70. The van der Waals surface area contributed by atoms with Gasteiger partial charge in [0.15, 0.2) is 0 Å². The predicted octanol–water partition coefficient (Wildman–Crippen LogP) is -0.523. The summed E-state index contributed by atoms with van der Waals surface area (Å²) in [6.07, 6.45) is 0. The van der Waals surface area contributed by atoms with E-state index in [-0.39, 0.29) is 0 Å². The maximum atomic E-state index is 12.0. The summed E-state index contributed by atoms with van der Waals surface area (Å²) in [6, 6.07) is 0. The van der Waals surface area contributed by atoms with Gasteiger partial charge in [-0.25, -0.2) is 0 Å². The number of rotatable bonds is 2. The molecule has 3 N–H and O–H groups in total. The van der Waals surface area contributed by atoms with Gasteiger partial charge in [-0.1, -0.05) is 0 Å². The van der Waals surface area contributed by atoms with Gasteiger partial charge in [0.2, 0.25) is 0 Å². The van der Waals surface area contributed by atoms with Crippen molar-refractivity contribution in [2.45, 2.75) is 38.9 Å². The maximum absolute atomic E-state index is 12.0. The van der Waals surface area contributed by atoms with Crippen LogP contribution >= 0.6 is 0 Å². The van der Waals surface area contributed by atoms with E-state index in [4.69, 9.17) is 10.5 Å². The highest BCUT2D eigenvalue weighted by Crippen LogP contribution is 2.27. The largest absolute Gasteiger partial charge is 0.366 e. The summed E-state index contributed by atoms with van der Waals surface area (Å²) in [4.78, 5) is 25.2. The third kappa shape index (κ3) is 3.96. The van der Waals surface area contributed by atoms with Crippen molar-refractivity contribution in [2.75, 3.05) is 26.2 Å². The molecule has 0 aromatic heterocycles. The summed E-state index contributed by atoms with van der Waals surface area (Å²) in [5, 5.41) is 2.49. The quantitative estimate of drug-likeness (QED) is 0.652. The van der Waals surface area contributed by atoms with Crippen LogP contribution in [-0.4, -0.2) is 54.1 Å². The molecule has 0 spiro atoms. The van der Waals surface area contributed by atoms with Gasteiger partial charge < -0.3 is 20.7 Å². The Morgan fingerprint density at radius 3 is 2.17 bits per heavy atom. The SMILES string of the molecule is CC1(C)CN(C(=O)C(=O)NCCN)CC(C)(C)O1. The second-order valence-corrected chi connectivity index (χ2v) is 5.83. The van der Waals surface area contributed by atoms with E-state index < -0.39 is 23.0 Å². The normalized spacial score (nSPS) is 21.5. The van der Waals surface area contributed by atoms with Gasteiger partial charge in [-0.15, -0.1) is 0 Å². The number of amides is 2. The Morgan fingerprint density at radius 2 is 1.72 bits per heavy atom. The number of carbonyl (C=O) groups excluding carboxylic acids is 2. The lowest BCUT2D eigenvalue weighted by Gasteiger charge is -2.46. The number of nitrogens with one attached hydrogen (secondary N) is 1. The smallest absolute Gasteiger partial charge is 0.312 e. The van der Waals surface area contributed by atoms with Crippen LogP contribution in [0.3, 0.4) is 0 Å². The molecule has 0 saturated carbocycles. The fraction of sp³-hybridized carbons (Fsp3) is 0.833. The topological polar surface area (TPSA) is 84.7 Å². The van der Waals surface area contributed by atoms with E-state index in [0.717, 1.165) is 0 Å². The summed E-state index contributed by atoms with van der Waals surface area (Å²) in [6.45, 7) is 9.08. The van der Waals surface area contributed by atoms with Crippen LogP contribution in [0.4, 0.5) is 0 Å². The minimum atomic E-state index is -0.603. The second-order valence-electron chi connectivity index (χ2n) is 5.83. The van der Waals surface area contributed by atoms with Crippen LogP contribution in [0, 0.1) is 0 Å². The predicted molar refractivity (Wildman–Crippen MR) is 67.9 cm³/mol. The molecule has 0 aliphatic carbocycles. The molecule has 1 fully saturated rings. The van der Waals surface area contributed by atoms with Crippen molar-refractivity contribution in [3.63, 3.8) is 0 Å². The fourth-order valence-electron chi connectivity index (χ4n) is 2.34. The summed E-state index contributed by atoms with van der Waals surface area (Å²) in [5.74, 6) is -1.12. The molecule has 0 radical (unpaired) electrons. The molecule has 0 bridgehead atoms. The van der Waals surface area contributed by atoms with Gasteiger partial charge in [0.25, 0.3) is 0 Å². The maximum Gasteiger partial charge on any atom is 0.312 e. The first-order valence-electron chi connectivity index (χ1n) is 6.14. The van der Waals surface area contributed by atoms with Gasteiger partial charge in [-0.3, -0.25) is 9.59 Å². The number of hydrogen-bond acceptors (Lipinski definition) is 4. The highest BCUT2D eigenvalue weighted by Gasteiger charge is 2.41. The average molecular weight is 257 g/mol. The van der Waals surface area contributed by atoms with Crippen molar-refractivity contribution < 1.29 is 14.3 Å². The lowest BCUT2D eigenvalue weighted by Crippen LogP contribution is -2.60. The standard InChI is InChI=1S/C12H23N3O3/c1-11(2)7-15(8-12(3,4)18-11)10(17)9(16)14-6-5-13/h5-8,13H2,1-4H3,(H,14,16). The Hall–Kier alpha value is -1.14. The summed E-state index contributed by atoms with van der Waals surface area (Å²) in [5.41, 5.74) is 4.38. The van der Waals surface area contributed by atoms with Crippen LogP contribution in [0.15, 0.2) is 0 Å². The monoisotopic (exact) mass is 257 g/mol.